The molecule has 4 rings (SSSR count). The minimum absolute atomic E-state index is 0.0196. The highest BCUT2D eigenvalue weighted by Crippen LogP contribution is 2.45. The number of hydrogen-bond acceptors (Lipinski definition) is 4. The maximum Gasteiger partial charge on any atom is 0.251 e. The maximum atomic E-state index is 13.2. The zero-order valence-corrected chi connectivity index (χ0v) is 18.8. The van der Waals surface area contributed by atoms with Gasteiger partial charge in [0.25, 0.3) is 5.56 Å². The zero-order chi connectivity index (χ0) is 22.3. The molecule has 1 aromatic carbocycles. The van der Waals surface area contributed by atoms with Crippen molar-refractivity contribution in [1.29, 1.82) is 0 Å². The van der Waals surface area contributed by atoms with Gasteiger partial charge in [0.15, 0.2) is 5.78 Å². The molecule has 5 heteroatoms. The van der Waals surface area contributed by atoms with E-state index in [9.17, 15) is 9.59 Å². The van der Waals surface area contributed by atoms with E-state index in [-0.39, 0.29) is 23.2 Å². The number of H-pyrrole nitrogens is 1. The van der Waals surface area contributed by atoms with Crippen molar-refractivity contribution in [2.45, 2.75) is 52.9 Å². The number of nitrogens with zero attached hydrogens (tertiary/aromatic N) is 1. The van der Waals surface area contributed by atoms with Crippen molar-refractivity contribution < 1.29 is 9.53 Å². The Hall–Kier alpha value is -3.21. The summed E-state index contributed by atoms with van der Waals surface area (Å²) in [6.07, 6.45) is 2.51. The Balaban J connectivity index is 1.70. The van der Waals surface area contributed by atoms with Crippen LogP contribution < -0.4 is 10.3 Å². The second kappa shape index (κ2) is 7.80. The largest absolute Gasteiger partial charge is 0.492 e. The van der Waals surface area contributed by atoms with Gasteiger partial charge in [0, 0.05) is 57.2 Å². The van der Waals surface area contributed by atoms with E-state index in [0.29, 0.717) is 24.2 Å². The molecule has 1 N–H and O–H groups in total. The lowest BCUT2D eigenvalue weighted by molar-refractivity contribution is 0.0982. The summed E-state index contributed by atoms with van der Waals surface area (Å²) in [5.74, 6) is 0.851. The number of ketones is 1. The second-order valence-corrected chi connectivity index (χ2v) is 9.13. The number of aromatic amines is 1. The lowest BCUT2D eigenvalue weighted by atomic mass is 9.83. The van der Waals surface area contributed by atoms with E-state index >= 15 is 0 Å². The summed E-state index contributed by atoms with van der Waals surface area (Å²) in [5, 5.41) is 0. The molecule has 1 aliphatic heterocycles. The third-order valence-electron chi connectivity index (χ3n) is 6.04. The van der Waals surface area contributed by atoms with Crippen LogP contribution in [0.4, 0.5) is 0 Å². The number of pyridine rings is 2. The van der Waals surface area contributed by atoms with Gasteiger partial charge in [-0.25, -0.2) is 0 Å². The van der Waals surface area contributed by atoms with Gasteiger partial charge in [0.2, 0.25) is 0 Å². The number of nitrogens with one attached hydrogen (secondary N) is 1. The molecule has 2 aromatic heterocycles. The fraction of sp³-hybridized carbons (Fsp3) is 0.346. The topological polar surface area (TPSA) is 72.0 Å². The molecule has 0 saturated carbocycles. The first-order valence-electron chi connectivity index (χ1n) is 10.6. The Bertz CT molecular complexity index is 1220. The molecule has 0 atom stereocenters. The van der Waals surface area contributed by atoms with E-state index in [1.807, 2.05) is 57.3 Å². The van der Waals surface area contributed by atoms with Gasteiger partial charge in [-0.3, -0.25) is 14.6 Å². The Morgan fingerprint density at radius 2 is 1.94 bits per heavy atom. The van der Waals surface area contributed by atoms with Crippen LogP contribution in [0.3, 0.4) is 0 Å². The maximum absolute atomic E-state index is 13.2. The molecule has 0 amide bonds. The molecule has 160 valence electrons. The standard InChI is InChI=1S/C26H28N2O3/c1-15-10-17(3)28-25(30)20(15)8-9-23(29)19-11-21(18-7-6-16(2)27-13-18)24-22(12-19)26(4,5)14-31-24/h6-7,10-13H,8-9,14H2,1-5H3,(H,28,30). The fourth-order valence-corrected chi connectivity index (χ4v) is 4.20. The average Bonchev–Trinajstić information content (AvgIpc) is 3.02. The first kappa shape index (κ1) is 21.0. The van der Waals surface area contributed by atoms with Crippen molar-refractivity contribution in [2.75, 3.05) is 6.61 Å². The van der Waals surface area contributed by atoms with E-state index in [1.165, 1.54) is 0 Å². The molecular weight excluding hydrogens is 388 g/mol. The molecule has 0 aliphatic carbocycles. The minimum Gasteiger partial charge on any atom is -0.492 e. The molecule has 3 heterocycles. The summed E-state index contributed by atoms with van der Waals surface area (Å²) in [5.41, 5.74) is 6.58. The van der Waals surface area contributed by atoms with E-state index in [2.05, 4.69) is 23.8 Å². The molecule has 0 spiro atoms. The number of fused-ring (bicyclic) bond motifs is 1. The lowest BCUT2D eigenvalue weighted by Crippen LogP contribution is -2.19. The Morgan fingerprint density at radius 1 is 1.16 bits per heavy atom. The summed E-state index contributed by atoms with van der Waals surface area (Å²) in [4.78, 5) is 32.8. The average molecular weight is 417 g/mol. The van der Waals surface area contributed by atoms with Crippen LogP contribution in [-0.4, -0.2) is 22.4 Å². The number of carbonyl (C=O) groups is 1. The number of ether oxygens (including phenoxy) is 1. The van der Waals surface area contributed by atoms with E-state index < -0.39 is 0 Å². The molecule has 0 unspecified atom stereocenters. The lowest BCUT2D eigenvalue weighted by Gasteiger charge is -2.17. The number of rotatable bonds is 5. The van der Waals surface area contributed by atoms with Crippen molar-refractivity contribution in [2.24, 2.45) is 0 Å². The van der Waals surface area contributed by atoms with Gasteiger partial charge in [0.1, 0.15) is 5.75 Å². The third kappa shape index (κ3) is 4.05. The predicted octanol–water partition coefficient (Wildman–Crippen LogP) is 4.85. The summed E-state index contributed by atoms with van der Waals surface area (Å²) < 4.78 is 6.05. The number of Topliss-reactive ketones (excluding diaryl/α,β-unsaturated/α-hetero) is 1. The van der Waals surface area contributed by atoms with Crippen LogP contribution in [0.1, 0.15) is 58.7 Å². The van der Waals surface area contributed by atoms with Crippen molar-refractivity contribution in [3.8, 4) is 16.9 Å². The normalized spacial score (nSPS) is 14.2. The highest BCUT2D eigenvalue weighted by molar-refractivity contribution is 5.98. The molecule has 0 fully saturated rings. The minimum atomic E-state index is -0.177. The van der Waals surface area contributed by atoms with Crippen LogP contribution >= 0.6 is 0 Å². The molecule has 3 aromatic rings. The van der Waals surface area contributed by atoms with E-state index in [0.717, 1.165) is 39.4 Å². The van der Waals surface area contributed by atoms with Gasteiger partial charge in [0.05, 0.1) is 6.61 Å². The number of benzene rings is 1. The van der Waals surface area contributed by atoms with Crippen LogP contribution in [-0.2, 0) is 11.8 Å². The van der Waals surface area contributed by atoms with Gasteiger partial charge in [-0.1, -0.05) is 19.9 Å². The Morgan fingerprint density at radius 3 is 2.61 bits per heavy atom. The highest BCUT2D eigenvalue weighted by atomic mass is 16.5. The number of aromatic nitrogens is 2. The van der Waals surface area contributed by atoms with Gasteiger partial charge >= 0.3 is 0 Å². The Kier molecular flexibility index (Phi) is 5.29. The van der Waals surface area contributed by atoms with Gasteiger partial charge < -0.3 is 9.72 Å². The van der Waals surface area contributed by atoms with Crippen LogP contribution in [0.15, 0.2) is 41.3 Å². The summed E-state index contributed by atoms with van der Waals surface area (Å²) in [6.45, 7) is 10.5. The highest BCUT2D eigenvalue weighted by Gasteiger charge is 2.35. The van der Waals surface area contributed by atoms with E-state index in [1.54, 1.807) is 0 Å². The Labute approximate surface area is 182 Å². The number of carbonyl (C=O) groups excluding carboxylic acids is 1. The van der Waals surface area contributed by atoms with Crippen molar-refractivity contribution >= 4 is 5.78 Å². The van der Waals surface area contributed by atoms with Crippen molar-refractivity contribution in [3.05, 3.63) is 80.5 Å². The van der Waals surface area contributed by atoms with Crippen LogP contribution in [0.5, 0.6) is 5.75 Å². The molecule has 0 radical (unpaired) electrons. The summed E-state index contributed by atoms with van der Waals surface area (Å²) >= 11 is 0. The SMILES string of the molecule is Cc1ccc(-c2cc(C(=O)CCc3c(C)cc(C)[nH]c3=O)cc3c2OCC3(C)C)cn1. The smallest absolute Gasteiger partial charge is 0.251 e. The second-order valence-electron chi connectivity index (χ2n) is 9.13. The summed E-state index contributed by atoms with van der Waals surface area (Å²) in [7, 11) is 0. The number of hydrogen-bond donors (Lipinski definition) is 1. The first-order chi connectivity index (χ1) is 14.7. The number of aryl methyl sites for hydroxylation is 3. The predicted molar refractivity (Wildman–Crippen MR) is 122 cm³/mol. The van der Waals surface area contributed by atoms with Crippen LogP contribution in [0, 0.1) is 20.8 Å². The van der Waals surface area contributed by atoms with Crippen molar-refractivity contribution in [3.63, 3.8) is 0 Å². The van der Waals surface area contributed by atoms with Crippen LogP contribution in [0.25, 0.3) is 11.1 Å². The van der Waals surface area contributed by atoms with E-state index in [4.69, 9.17) is 4.74 Å². The first-order valence-corrected chi connectivity index (χ1v) is 10.6. The van der Waals surface area contributed by atoms with Gasteiger partial charge in [-0.05, 0) is 57.0 Å². The van der Waals surface area contributed by atoms with Crippen molar-refractivity contribution in [1.82, 2.24) is 9.97 Å². The molecule has 31 heavy (non-hydrogen) atoms. The molecule has 0 bridgehead atoms. The molecule has 5 nitrogen and oxygen atoms in total. The fourth-order valence-electron chi connectivity index (χ4n) is 4.20. The van der Waals surface area contributed by atoms with Gasteiger partial charge in [-0.2, -0.15) is 0 Å². The molecular formula is C26H28N2O3. The molecule has 1 aliphatic rings. The quantitative estimate of drug-likeness (QED) is 0.604. The van der Waals surface area contributed by atoms with Crippen LogP contribution in [0.2, 0.25) is 0 Å². The third-order valence-corrected chi connectivity index (χ3v) is 6.04. The monoisotopic (exact) mass is 416 g/mol. The zero-order valence-electron chi connectivity index (χ0n) is 18.8. The summed E-state index contributed by atoms with van der Waals surface area (Å²) in [6, 6.07) is 9.78. The molecule has 0 saturated heterocycles. The van der Waals surface area contributed by atoms with Gasteiger partial charge in [-0.15, -0.1) is 0 Å².